The molecule has 26 heavy (non-hydrogen) atoms. The first-order valence-electron chi connectivity index (χ1n) is 8.94. The fourth-order valence-electron chi connectivity index (χ4n) is 2.99. The van der Waals surface area contributed by atoms with E-state index in [0.717, 1.165) is 19.4 Å². The second kappa shape index (κ2) is 8.18. The number of unbranched alkanes of at least 4 members (excludes halogenated alkanes) is 1. The molecule has 1 aliphatic heterocycles. The van der Waals surface area contributed by atoms with Crippen LogP contribution in [-0.2, 0) is 16.6 Å². The van der Waals surface area contributed by atoms with E-state index >= 15 is 0 Å². The second-order valence-electron chi connectivity index (χ2n) is 6.47. The third kappa shape index (κ3) is 4.42. The summed E-state index contributed by atoms with van der Waals surface area (Å²) < 4.78 is 47.7. The normalized spacial score (nSPS) is 16.7. The third-order valence-corrected chi connectivity index (χ3v) is 6.34. The van der Waals surface area contributed by atoms with E-state index in [1.165, 1.54) is 22.6 Å². The standard InChI is InChI=1S/C18H24FN3O3S/c1-2-3-9-21-14-18(13-20-21)26(23,24)22-10-7-16(8-11-22)25-17-6-4-5-15(19)12-17/h4-6,12-14,16H,2-3,7-11H2,1H3. The number of halogens is 1. The van der Waals surface area contributed by atoms with Crippen molar-refractivity contribution in [1.82, 2.24) is 14.1 Å². The summed E-state index contributed by atoms with van der Waals surface area (Å²) in [7, 11) is -3.53. The highest BCUT2D eigenvalue weighted by molar-refractivity contribution is 7.89. The van der Waals surface area contributed by atoms with Crippen molar-refractivity contribution in [3.63, 3.8) is 0 Å². The van der Waals surface area contributed by atoms with Crippen molar-refractivity contribution in [1.29, 1.82) is 0 Å². The van der Waals surface area contributed by atoms with Crippen LogP contribution in [0.2, 0.25) is 0 Å². The number of nitrogens with zero attached hydrogens (tertiary/aromatic N) is 3. The number of rotatable bonds is 7. The molecule has 0 spiro atoms. The average Bonchev–Trinajstić information content (AvgIpc) is 3.10. The minimum Gasteiger partial charge on any atom is -0.490 e. The molecule has 1 saturated heterocycles. The van der Waals surface area contributed by atoms with Crippen LogP contribution in [0.5, 0.6) is 5.75 Å². The molecule has 0 atom stereocenters. The van der Waals surface area contributed by atoms with Gasteiger partial charge < -0.3 is 4.74 Å². The van der Waals surface area contributed by atoms with E-state index in [0.29, 0.717) is 31.7 Å². The predicted molar refractivity (Wildman–Crippen MR) is 95.9 cm³/mol. The van der Waals surface area contributed by atoms with Gasteiger partial charge in [-0.05, 0) is 31.4 Å². The molecule has 1 aliphatic rings. The van der Waals surface area contributed by atoms with E-state index in [1.54, 1.807) is 23.0 Å². The molecule has 0 amide bonds. The maximum Gasteiger partial charge on any atom is 0.246 e. The lowest BCUT2D eigenvalue weighted by Crippen LogP contribution is -2.41. The van der Waals surface area contributed by atoms with Crippen LogP contribution in [0.15, 0.2) is 41.6 Å². The summed E-state index contributed by atoms with van der Waals surface area (Å²) >= 11 is 0. The molecule has 1 fully saturated rings. The first-order chi connectivity index (χ1) is 12.5. The molecule has 0 radical (unpaired) electrons. The number of aromatic nitrogens is 2. The van der Waals surface area contributed by atoms with Crippen molar-refractivity contribution >= 4 is 10.0 Å². The van der Waals surface area contributed by atoms with Gasteiger partial charge in [0.2, 0.25) is 10.0 Å². The molecular formula is C18H24FN3O3S. The fraction of sp³-hybridized carbons (Fsp3) is 0.500. The average molecular weight is 381 g/mol. The highest BCUT2D eigenvalue weighted by atomic mass is 32.2. The molecule has 0 aliphatic carbocycles. The van der Waals surface area contributed by atoms with Gasteiger partial charge in [-0.3, -0.25) is 4.68 Å². The molecule has 0 bridgehead atoms. The Labute approximate surface area is 153 Å². The van der Waals surface area contributed by atoms with E-state index in [1.807, 2.05) is 0 Å². The molecule has 0 saturated carbocycles. The molecule has 1 aromatic heterocycles. The summed E-state index contributed by atoms with van der Waals surface area (Å²) in [6.45, 7) is 3.55. The van der Waals surface area contributed by atoms with Crippen LogP contribution >= 0.6 is 0 Å². The lowest BCUT2D eigenvalue weighted by molar-refractivity contribution is 0.134. The van der Waals surface area contributed by atoms with Crippen molar-refractivity contribution in [2.45, 2.75) is 50.2 Å². The summed E-state index contributed by atoms with van der Waals surface area (Å²) in [4.78, 5) is 0.234. The third-order valence-electron chi connectivity index (χ3n) is 4.49. The number of aryl methyl sites for hydroxylation is 1. The number of ether oxygens (including phenoxy) is 1. The van der Waals surface area contributed by atoms with Gasteiger partial charge in [0.25, 0.3) is 0 Å². The fourth-order valence-corrected chi connectivity index (χ4v) is 4.42. The van der Waals surface area contributed by atoms with Crippen molar-refractivity contribution in [3.05, 3.63) is 42.5 Å². The van der Waals surface area contributed by atoms with E-state index in [9.17, 15) is 12.8 Å². The van der Waals surface area contributed by atoms with Crippen LogP contribution in [0.1, 0.15) is 32.6 Å². The molecule has 0 N–H and O–H groups in total. The first-order valence-corrected chi connectivity index (χ1v) is 10.4. The Morgan fingerprint density at radius 3 is 2.77 bits per heavy atom. The Bertz CT molecular complexity index is 830. The summed E-state index contributed by atoms with van der Waals surface area (Å²) in [6, 6.07) is 6.01. The zero-order valence-corrected chi connectivity index (χ0v) is 15.7. The van der Waals surface area contributed by atoms with Gasteiger partial charge in [-0.1, -0.05) is 19.4 Å². The lowest BCUT2D eigenvalue weighted by Gasteiger charge is -2.31. The Morgan fingerprint density at radius 2 is 2.08 bits per heavy atom. The topological polar surface area (TPSA) is 64.4 Å². The van der Waals surface area contributed by atoms with Gasteiger partial charge >= 0.3 is 0 Å². The molecule has 2 aromatic rings. The van der Waals surface area contributed by atoms with Crippen LogP contribution in [0, 0.1) is 5.82 Å². The quantitative estimate of drug-likeness (QED) is 0.739. The van der Waals surface area contributed by atoms with Gasteiger partial charge in [-0.2, -0.15) is 9.40 Å². The molecular weight excluding hydrogens is 357 g/mol. The van der Waals surface area contributed by atoms with Crippen molar-refractivity contribution < 1.29 is 17.5 Å². The molecule has 6 nitrogen and oxygen atoms in total. The molecule has 8 heteroatoms. The summed E-state index contributed by atoms with van der Waals surface area (Å²) in [5.41, 5.74) is 0. The zero-order valence-electron chi connectivity index (χ0n) is 14.8. The predicted octanol–water partition coefficient (Wildman–Crippen LogP) is 3.05. The highest BCUT2D eigenvalue weighted by Gasteiger charge is 2.31. The van der Waals surface area contributed by atoms with Crippen molar-refractivity contribution in [3.8, 4) is 5.75 Å². The molecule has 0 unspecified atom stereocenters. The largest absolute Gasteiger partial charge is 0.490 e. The number of piperidine rings is 1. The monoisotopic (exact) mass is 381 g/mol. The lowest BCUT2D eigenvalue weighted by atomic mass is 10.1. The number of sulfonamides is 1. The van der Waals surface area contributed by atoms with E-state index < -0.39 is 10.0 Å². The Hall–Kier alpha value is -1.93. The van der Waals surface area contributed by atoms with E-state index in [-0.39, 0.29) is 16.8 Å². The van der Waals surface area contributed by atoms with Gasteiger partial charge in [0, 0.05) is 31.9 Å². The van der Waals surface area contributed by atoms with Crippen LogP contribution in [-0.4, -0.2) is 41.7 Å². The highest BCUT2D eigenvalue weighted by Crippen LogP contribution is 2.24. The van der Waals surface area contributed by atoms with Crippen LogP contribution in [0.4, 0.5) is 4.39 Å². The SMILES string of the molecule is CCCCn1cc(S(=O)(=O)N2CCC(Oc3cccc(F)c3)CC2)cn1. The van der Waals surface area contributed by atoms with Crippen molar-refractivity contribution in [2.75, 3.05) is 13.1 Å². The minimum atomic E-state index is -3.53. The smallest absolute Gasteiger partial charge is 0.246 e. The maximum atomic E-state index is 13.2. The van der Waals surface area contributed by atoms with Gasteiger partial charge in [-0.25, -0.2) is 12.8 Å². The Balaban J connectivity index is 1.59. The molecule has 3 rings (SSSR count). The first kappa shape index (κ1) is 18.8. The summed E-state index contributed by atoms with van der Waals surface area (Å²) in [5.74, 6) is 0.131. The van der Waals surface area contributed by atoms with Crippen LogP contribution < -0.4 is 4.74 Å². The number of hydrogen-bond donors (Lipinski definition) is 0. The van der Waals surface area contributed by atoms with Gasteiger partial charge in [0.05, 0.1) is 6.20 Å². The summed E-state index contributed by atoms with van der Waals surface area (Å²) in [6.07, 6.45) is 6.03. The van der Waals surface area contributed by atoms with E-state index in [4.69, 9.17) is 4.74 Å². The Morgan fingerprint density at radius 1 is 1.31 bits per heavy atom. The maximum absolute atomic E-state index is 13.2. The van der Waals surface area contributed by atoms with E-state index in [2.05, 4.69) is 12.0 Å². The van der Waals surface area contributed by atoms with Gasteiger partial charge in [-0.15, -0.1) is 0 Å². The Kier molecular flexibility index (Phi) is 5.93. The zero-order chi connectivity index (χ0) is 18.6. The van der Waals surface area contributed by atoms with Crippen molar-refractivity contribution in [2.24, 2.45) is 0 Å². The molecule has 2 heterocycles. The second-order valence-corrected chi connectivity index (χ2v) is 8.41. The minimum absolute atomic E-state index is 0.115. The van der Waals surface area contributed by atoms with Crippen LogP contribution in [0.25, 0.3) is 0 Å². The molecule has 1 aromatic carbocycles. The number of benzene rings is 1. The van der Waals surface area contributed by atoms with Gasteiger partial charge in [0.15, 0.2) is 0 Å². The van der Waals surface area contributed by atoms with Gasteiger partial charge in [0.1, 0.15) is 22.6 Å². The summed E-state index contributed by atoms with van der Waals surface area (Å²) in [5, 5.41) is 4.14. The number of hydrogen-bond acceptors (Lipinski definition) is 4. The molecule has 142 valence electrons. The van der Waals surface area contributed by atoms with Crippen LogP contribution in [0.3, 0.4) is 0 Å².